The van der Waals surface area contributed by atoms with Crippen LogP contribution < -0.4 is 5.32 Å². The van der Waals surface area contributed by atoms with Gasteiger partial charge in [-0.1, -0.05) is 72.2 Å². The van der Waals surface area contributed by atoms with Crippen molar-refractivity contribution in [2.24, 2.45) is 0 Å². The van der Waals surface area contributed by atoms with Crippen LogP contribution in [0.2, 0.25) is 0 Å². The van der Waals surface area contributed by atoms with Crippen LogP contribution in [0.15, 0.2) is 53.0 Å². The summed E-state index contributed by atoms with van der Waals surface area (Å²) in [6, 6.07) is 15.1. The number of imide groups is 1. The normalized spacial score (nSPS) is 20.3. The molecule has 0 aromatic heterocycles. The van der Waals surface area contributed by atoms with Gasteiger partial charge in [-0.05, 0) is 35.6 Å². The van der Waals surface area contributed by atoms with E-state index in [0.29, 0.717) is 5.92 Å². The summed E-state index contributed by atoms with van der Waals surface area (Å²) in [5.74, 6) is 0.188. The summed E-state index contributed by atoms with van der Waals surface area (Å²) in [5, 5.41) is 2.86. The first-order valence-electron chi connectivity index (χ1n) is 8.31. The van der Waals surface area contributed by atoms with Crippen molar-refractivity contribution in [2.45, 2.75) is 38.8 Å². The average Bonchev–Trinajstić information content (AvgIpc) is 2.81. The maximum atomic E-state index is 13.0. The maximum Gasteiger partial charge on any atom is 0.325 e. The minimum absolute atomic E-state index is 0.231. The maximum absolute atomic E-state index is 13.0. The SMILES string of the molecule is CC(C)c1ccc([C@]2(C)NC(=O)N(Cc3ccccc3Br)C2=O)cc1. The highest BCUT2D eigenvalue weighted by atomic mass is 79.9. The van der Waals surface area contributed by atoms with Crippen molar-refractivity contribution in [2.75, 3.05) is 0 Å². The van der Waals surface area contributed by atoms with Gasteiger partial charge in [-0.2, -0.15) is 0 Å². The molecule has 0 unspecified atom stereocenters. The first kappa shape index (κ1) is 17.7. The van der Waals surface area contributed by atoms with Gasteiger partial charge in [0, 0.05) is 4.47 Å². The Morgan fingerprint density at radius 3 is 2.32 bits per heavy atom. The summed E-state index contributed by atoms with van der Waals surface area (Å²) in [5.41, 5.74) is 1.86. The minimum atomic E-state index is -1.03. The van der Waals surface area contributed by atoms with Gasteiger partial charge in [-0.25, -0.2) is 4.79 Å². The Morgan fingerprint density at radius 1 is 1.08 bits per heavy atom. The van der Waals surface area contributed by atoms with Crippen molar-refractivity contribution < 1.29 is 9.59 Å². The van der Waals surface area contributed by atoms with E-state index in [1.165, 1.54) is 10.5 Å². The molecule has 3 rings (SSSR count). The molecule has 1 saturated heterocycles. The van der Waals surface area contributed by atoms with Crippen LogP contribution in [-0.2, 0) is 16.9 Å². The molecule has 1 heterocycles. The van der Waals surface area contributed by atoms with Crippen LogP contribution >= 0.6 is 15.9 Å². The van der Waals surface area contributed by atoms with Crippen LogP contribution in [0.25, 0.3) is 0 Å². The first-order chi connectivity index (χ1) is 11.8. The second-order valence-electron chi connectivity index (χ2n) is 6.81. The van der Waals surface area contributed by atoms with Gasteiger partial charge in [0.05, 0.1) is 6.54 Å². The van der Waals surface area contributed by atoms with Gasteiger partial charge in [-0.3, -0.25) is 9.69 Å². The van der Waals surface area contributed by atoms with Gasteiger partial charge in [0.15, 0.2) is 0 Å². The van der Waals surface area contributed by atoms with E-state index in [-0.39, 0.29) is 18.5 Å². The van der Waals surface area contributed by atoms with E-state index < -0.39 is 5.54 Å². The summed E-state index contributed by atoms with van der Waals surface area (Å²) >= 11 is 3.47. The Hall–Kier alpha value is -2.14. The quantitative estimate of drug-likeness (QED) is 0.765. The topological polar surface area (TPSA) is 49.4 Å². The summed E-state index contributed by atoms with van der Waals surface area (Å²) in [6.07, 6.45) is 0. The lowest BCUT2D eigenvalue weighted by atomic mass is 9.90. The Balaban J connectivity index is 1.88. The van der Waals surface area contributed by atoms with E-state index in [0.717, 1.165) is 15.6 Å². The van der Waals surface area contributed by atoms with Gasteiger partial charge < -0.3 is 5.32 Å². The van der Waals surface area contributed by atoms with Gasteiger partial charge in [-0.15, -0.1) is 0 Å². The molecule has 1 N–H and O–H groups in total. The second-order valence-corrected chi connectivity index (χ2v) is 7.67. The molecule has 130 valence electrons. The summed E-state index contributed by atoms with van der Waals surface area (Å²) in [6.45, 7) is 6.25. The zero-order valence-corrected chi connectivity index (χ0v) is 16.1. The summed E-state index contributed by atoms with van der Waals surface area (Å²) in [4.78, 5) is 26.7. The molecule has 1 atom stereocenters. The lowest BCUT2D eigenvalue weighted by Gasteiger charge is -2.23. The molecular weight excluding hydrogens is 380 g/mol. The molecule has 2 aromatic rings. The van der Waals surface area contributed by atoms with Crippen LogP contribution in [0.1, 0.15) is 43.4 Å². The minimum Gasteiger partial charge on any atom is -0.319 e. The van der Waals surface area contributed by atoms with Crippen molar-refractivity contribution in [3.8, 4) is 0 Å². The Kier molecular flexibility index (Phi) is 4.69. The fourth-order valence-electron chi connectivity index (χ4n) is 3.03. The van der Waals surface area contributed by atoms with Gasteiger partial charge in [0.25, 0.3) is 5.91 Å². The predicted octanol–water partition coefficient (Wildman–Crippen LogP) is 4.54. The van der Waals surface area contributed by atoms with Crippen LogP contribution in [0, 0.1) is 0 Å². The molecule has 0 spiro atoms. The fourth-order valence-corrected chi connectivity index (χ4v) is 3.44. The lowest BCUT2D eigenvalue weighted by Crippen LogP contribution is -2.40. The third-order valence-electron chi connectivity index (χ3n) is 4.72. The molecule has 2 aromatic carbocycles. The molecule has 4 nitrogen and oxygen atoms in total. The predicted molar refractivity (Wildman–Crippen MR) is 101 cm³/mol. The van der Waals surface area contributed by atoms with Crippen molar-refractivity contribution in [3.05, 3.63) is 69.7 Å². The molecule has 3 amide bonds. The number of carbonyl (C=O) groups excluding carboxylic acids is 2. The van der Waals surface area contributed by atoms with E-state index >= 15 is 0 Å². The smallest absolute Gasteiger partial charge is 0.319 e. The van der Waals surface area contributed by atoms with Crippen molar-refractivity contribution in [1.29, 1.82) is 0 Å². The fraction of sp³-hybridized carbons (Fsp3) is 0.300. The highest BCUT2D eigenvalue weighted by Gasteiger charge is 2.48. The number of benzene rings is 2. The number of carbonyl (C=O) groups is 2. The molecule has 1 aliphatic heterocycles. The van der Waals surface area contributed by atoms with Crippen LogP contribution in [0.3, 0.4) is 0 Å². The van der Waals surface area contributed by atoms with E-state index in [1.54, 1.807) is 6.92 Å². The number of amides is 3. The number of nitrogens with zero attached hydrogens (tertiary/aromatic N) is 1. The van der Waals surface area contributed by atoms with E-state index in [9.17, 15) is 9.59 Å². The highest BCUT2D eigenvalue weighted by Crippen LogP contribution is 2.31. The molecule has 1 aliphatic rings. The summed E-state index contributed by atoms with van der Waals surface area (Å²) < 4.78 is 0.880. The second kappa shape index (κ2) is 6.64. The number of urea groups is 1. The molecule has 0 aliphatic carbocycles. The molecule has 1 fully saturated rings. The average molecular weight is 401 g/mol. The van der Waals surface area contributed by atoms with E-state index in [1.807, 2.05) is 48.5 Å². The number of rotatable bonds is 4. The third-order valence-corrected chi connectivity index (χ3v) is 5.49. The Bertz CT molecular complexity index is 817. The lowest BCUT2D eigenvalue weighted by molar-refractivity contribution is -0.131. The van der Waals surface area contributed by atoms with E-state index in [2.05, 4.69) is 35.1 Å². The van der Waals surface area contributed by atoms with Gasteiger partial charge in [0.2, 0.25) is 0 Å². The highest BCUT2D eigenvalue weighted by molar-refractivity contribution is 9.10. The first-order valence-corrected chi connectivity index (χ1v) is 9.10. The number of hydrogen-bond donors (Lipinski definition) is 1. The molecule has 0 bridgehead atoms. The number of halogens is 1. The van der Waals surface area contributed by atoms with Crippen LogP contribution in [0.5, 0.6) is 0 Å². The van der Waals surface area contributed by atoms with Gasteiger partial charge in [0.1, 0.15) is 5.54 Å². The zero-order chi connectivity index (χ0) is 18.2. The molecule has 0 saturated carbocycles. The van der Waals surface area contributed by atoms with Gasteiger partial charge >= 0.3 is 6.03 Å². The molecule has 25 heavy (non-hydrogen) atoms. The molecular formula is C20H21BrN2O2. The van der Waals surface area contributed by atoms with Crippen molar-refractivity contribution in [3.63, 3.8) is 0 Å². The van der Waals surface area contributed by atoms with Crippen molar-refractivity contribution >= 4 is 27.9 Å². The van der Waals surface area contributed by atoms with Crippen molar-refractivity contribution in [1.82, 2.24) is 10.2 Å². The summed E-state index contributed by atoms with van der Waals surface area (Å²) in [7, 11) is 0. The van der Waals surface area contributed by atoms with E-state index in [4.69, 9.17) is 0 Å². The zero-order valence-electron chi connectivity index (χ0n) is 14.5. The van der Waals surface area contributed by atoms with Crippen LogP contribution in [-0.4, -0.2) is 16.8 Å². The number of nitrogens with one attached hydrogen (secondary N) is 1. The van der Waals surface area contributed by atoms with Crippen LogP contribution in [0.4, 0.5) is 4.79 Å². The monoisotopic (exact) mass is 400 g/mol. The Labute approximate surface area is 156 Å². The largest absolute Gasteiger partial charge is 0.325 e. The molecule has 5 heteroatoms. The molecule has 0 radical (unpaired) electrons. The standard InChI is InChI=1S/C20H21BrN2O2/c1-13(2)14-8-10-16(11-9-14)20(3)18(24)23(19(25)22-20)12-15-6-4-5-7-17(15)21/h4-11,13H,12H2,1-3H3,(H,22,25)/t20-/m0/s1. The Morgan fingerprint density at radius 2 is 1.72 bits per heavy atom. The third kappa shape index (κ3) is 3.21. The number of hydrogen-bond acceptors (Lipinski definition) is 2.